The normalized spacial score (nSPS) is 22.0. The molecule has 11 heteroatoms. The number of piperazine rings is 1. The zero-order valence-corrected chi connectivity index (χ0v) is 16.9. The van der Waals surface area contributed by atoms with Crippen molar-refractivity contribution in [3.63, 3.8) is 0 Å². The highest BCUT2D eigenvalue weighted by Crippen LogP contribution is 2.37. The molecule has 0 aliphatic carbocycles. The fourth-order valence-electron chi connectivity index (χ4n) is 3.74. The molecule has 1 N–H and O–H groups in total. The highest BCUT2D eigenvalue weighted by atomic mass is 32.2. The van der Waals surface area contributed by atoms with Crippen LogP contribution in [-0.2, 0) is 11.8 Å². The van der Waals surface area contributed by atoms with Gasteiger partial charge in [0.25, 0.3) is 0 Å². The molecule has 2 bridgehead atoms. The van der Waals surface area contributed by atoms with Crippen LogP contribution >= 0.6 is 11.8 Å². The number of aromatic nitrogens is 4. The predicted molar refractivity (Wildman–Crippen MR) is 108 cm³/mol. The van der Waals surface area contributed by atoms with Crippen LogP contribution in [0.5, 0.6) is 0 Å². The molecule has 0 spiro atoms. The lowest BCUT2D eigenvalue weighted by Crippen LogP contribution is -2.57. The Balaban J connectivity index is 1.46. The highest BCUT2D eigenvalue weighted by Gasteiger charge is 2.45. The molecule has 2 fully saturated rings. The number of rotatable bonds is 7. The van der Waals surface area contributed by atoms with Gasteiger partial charge in [0.1, 0.15) is 12.5 Å². The Hall–Kier alpha value is -2.43. The molecule has 2 aliphatic heterocycles. The Bertz CT molecular complexity index is 852. The molecule has 2 aliphatic rings. The topological polar surface area (TPSA) is 79.2 Å². The van der Waals surface area contributed by atoms with Crippen LogP contribution in [0.2, 0.25) is 0 Å². The molecule has 0 saturated carbocycles. The first-order valence-electron chi connectivity index (χ1n) is 9.48. The average molecular weight is 423 g/mol. The van der Waals surface area contributed by atoms with Crippen LogP contribution in [0.15, 0.2) is 24.7 Å². The van der Waals surface area contributed by atoms with Crippen LogP contribution in [-0.4, -0.2) is 74.2 Å². The third-order valence-electron chi connectivity index (χ3n) is 5.17. The van der Waals surface area contributed by atoms with E-state index in [-0.39, 0.29) is 23.7 Å². The van der Waals surface area contributed by atoms with Gasteiger partial charge < -0.3 is 15.1 Å². The van der Waals surface area contributed by atoms with E-state index in [0.717, 1.165) is 17.3 Å². The van der Waals surface area contributed by atoms with Crippen molar-refractivity contribution in [3.8, 4) is 0 Å². The number of thioether (sulfide) groups is 1. The summed E-state index contributed by atoms with van der Waals surface area (Å²) in [5, 5.41) is 7.15. The second-order valence-corrected chi connectivity index (χ2v) is 8.40. The van der Waals surface area contributed by atoms with Crippen molar-refractivity contribution in [2.24, 2.45) is 13.0 Å². The van der Waals surface area contributed by atoms with E-state index < -0.39 is 19.3 Å². The number of hydrogen-bond acceptors (Lipinski definition) is 7. The largest absolute Gasteiger partial charge is 0.351 e. The number of aryl methyl sites for hydroxylation is 1. The molecule has 2 aromatic rings. The Kier molecular flexibility index (Phi) is 5.84. The lowest BCUT2D eigenvalue weighted by atomic mass is 10.0. The summed E-state index contributed by atoms with van der Waals surface area (Å²) in [4.78, 5) is 25.5. The minimum Gasteiger partial charge on any atom is -0.351 e. The number of amides is 1. The molecular formula is C18H23F2N7OS. The molecule has 0 aromatic carbocycles. The number of carbonyl (C=O) groups is 1. The smallest absolute Gasteiger partial charge is 0.229 e. The third kappa shape index (κ3) is 4.14. The maximum absolute atomic E-state index is 13.2. The molecular weight excluding hydrogens is 400 g/mol. The number of anilines is 3. The zero-order chi connectivity index (χ0) is 20.4. The summed E-state index contributed by atoms with van der Waals surface area (Å²) >= 11 is 1.68. The van der Waals surface area contributed by atoms with Gasteiger partial charge in [-0.05, 0) is 12.5 Å². The summed E-state index contributed by atoms with van der Waals surface area (Å²) in [5.74, 6) is 0.861. The molecule has 4 heterocycles. The Labute approximate surface area is 171 Å². The first-order valence-corrected chi connectivity index (χ1v) is 10.5. The van der Waals surface area contributed by atoms with E-state index in [1.54, 1.807) is 33.7 Å². The summed E-state index contributed by atoms with van der Waals surface area (Å²) in [6, 6.07) is 1.80. The van der Waals surface area contributed by atoms with Gasteiger partial charge in [-0.1, -0.05) is 0 Å². The van der Waals surface area contributed by atoms with E-state index in [9.17, 15) is 13.6 Å². The first-order chi connectivity index (χ1) is 14.1. The number of alkyl halides is 2. The Morgan fingerprint density at radius 1 is 1.41 bits per heavy atom. The Morgan fingerprint density at radius 2 is 2.28 bits per heavy atom. The summed E-state index contributed by atoms with van der Waals surface area (Å²) in [6.45, 7) is -0.309. The van der Waals surface area contributed by atoms with Crippen LogP contribution in [0, 0.1) is 5.92 Å². The molecule has 2 aromatic heterocycles. The van der Waals surface area contributed by atoms with E-state index in [2.05, 4.69) is 25.3 Å². The Morgan fingerprint density at radius 3 is 2.97 bits per heavy atom. The van der Waals surface area contributed by atoms with Gasteiger partial charge in [-0.3, -0.25) is 18.3 Å². The van der Waals surface area contributed by atoms with E-state index in [4.69, 9.17) is 0 Å². The van der Waals surface area contributed by atoms with E-state index >= 15 is 0 Å². The van der Waals surface area contributed by atoms with Gasteiger partial charge in [0.05, 0.1) is 35.9 Å². The van der Waals surface area contributed by atoms with Crippen molar-refractivity contribution in [2.45, 2.75) is 17.8 Å². The maximum Gasteiger partial charge on any atom is 0.229 e. The second kappa shape index (κ2) is 8.52. The number of fused-ring (bicyclic) bond motifs is 2. The molecule has 29 heavy (non-hydrogen) atoms. The number of nitrogens with zero attached hydrogens (tertiary/aromatic N) is 6. The fraction of sp³-hybridized carbons (Fsp3) is 0.556. The van der Waals surface area contributed by atoms with Crippen LogP contribution in [0.3, 0.4) is 0 Å². The minimum atomic E-state index is -0.885. The number of carbonyl (C=O) groups excluding carboxylic acids is 1. The maximum atomic E-state index is 13.2. The first kappa shape index (κ1) is 19.9. The lowest BCUT2D eigenvalue weighted by molar-refractivity contribution is -0.139. The molecule has 0 radical (unpaired) electrons. The van der Waals surface area contributed by atoms with Crippen molar-refractivity contribution in [1.29, 1.82) is 0 Å². The quantitative estimate of drug-likeness (QED) is 0.730. The third-order valence-corrected chi connectivity index (χ3v) is 6.50. The molecule has 2 saturated heterocycles. The second-order valence-electron chi connectivity index (χ2n) is 7.19. The van der Waals surface area contributed by atoms with E-state index in [1.807, 2.05) is 19.3 Å². The van der Waals surface area contributed by atoms with Crippen molar-refractivity contribution in [2.75, 3.05) is 42.4 Å². The van der Waals surface area contributed by atoms with E-state index in [1.165, 1.54) is 0 Å². The van der Waals surface area contributed by atoms with Crippen molar-refractivity contribution >= 4 is 35.1 Å². The molecule has 156 valence electrons. The van der Waals surface area contributed by atoms with Gasteiger partial charge in [0.15, 0.2) is 0 Å². The highest BCUT2D eigenvalue weighted by molar-refractivity contribution is 8.00. The molecule has 8 nitrogen and oxygen atoms in total. The molecule has 1 amide bonds. The summed E-state index contributed by atoms with van der Waals surface area (Å²) in [7, 11) is 1.83. The number of hydrogen-bond donors (Lipinski definition) is 1. The van der Waals surface area contributed by atoms with Crippen LogP contribution in [0.1, 0.15) is 6.42 Å². The summed E-state index contributed by atoms with van der Waals surface area (Å²) in [5.41, 5.74) is 0.792. The average Bonchev–Trinajstić information content (AvgIpc) is 3.25. The number of nitrogens with one attached hydrogen (secondary N) is 1. The minimum absolute atomic E-state index is 0.0374. The van der Waals surface area contributed by atoms with Gasteiger partial charge in [-0.2, -0.15) is 10.1 Å². The van der Waals surface area contributed by atoms with E-state index in [0.29, 0.717) is 19.0 Å². The van der Waals surface area contributed by atoms with Gasteiger partial charge in [0.2, 0.25) is 11.9 Å². The van der Waals surface area contributed by atoms with Crippen LogP contribution in [0.25, 0.3) is 0 Å². The lowest BCUT2D eigenvalue weighted by Gasteiger charge is -2.41. The van der Waals surface area contributed by atoms with Gasteiger partial charge in [-0.15, -0.1) is 11.8 Å². The van der Waals surface area contributed by atoms with Gasteiger partial charge >= 0.3 is 0 Å². The van der Waals surface area contributed by atoms with Crippen molar-refractivity contribution in [3.05, 3.63) is 24.7 Å². The van der Waals surface area contributed by atoms with Crippen molar-refractivity contribution in [1.82, 2.24) is 24.6 Å². The fourth-order valence-corrected chi connectivity index (χ4v) is 5.17. The van der Waals surface area contributed by atoms with Gasteiger partial charge in [-0.25, -0.2) is 4.98 Å². The standard InChI is InChI=1S/C18H23F2N7OS/c1-25-8-13(7-22-25)23-18-21-5-3-15(24-18)26-9-14-11-29-16(10-26)27(14)17(28)12(6-20)2-4-19/h3,5,7-8,12,14,16H,2,4,6,9-11H2,1H3,(H,21,23,24)/t12-,14?,16?/m1/s1. The zero-order valence-electron chi connectivity index (χ0n) is 16.0. The SMILES string of the molecule is Cn1cc(Nc2nccc(N3CC4CSC(C3)N4C(=O)[C@@H](CF)CCF)n2)cn1. The van der Waals surface area contributed by atoms with Crippen LogP contribution in [0.4, 0.5) is 26.2 Å². The van der Waals surface area contributed by atoms with Gasteiger partial charge in [0, 0.05) is 38.3 Å². The molecule has 3 atom stereocenters. The number of halogens is 2. The monoisotopic (exact) mass is 423 g/mol. The summed E-state index contributed by atoms with van der Waals surface area (Å²) < 4.78 is 27.6. The predicted octanol–water partition coefficient (Wildman–Crippen LogP) is 1.99. The summed E-state index contributed by atoms with van der Waals surface area (Å²) in [6.07, 6.45) is 5.15. The van der Waals surface area contributed by atoms with Crippen LogP contribution < -0.4 is 10.2 Å². The molecule has 4 rings (SSSR count). The molecule has 2 unspecified atom stereocenters. The van der Waals surface area contributed by atoms with Crippen molar-refractivity contribution < 1.29 is 13.6 Å².